The number of aromatic nitrogens is 2. The first-order valence-electron chi connectivity index (χ1n) is 13.6. The van der Waals surface area contributed by atoms with Crippen molar-refractivity contribution in [1.29, 1.82) is 0 Å². The zero-order valence-corrected chi connectivity index (χ0v) is 21.8. The predicted octanol–water partition coefficient (Wildman–Crippen LogP) is 6.33. The monoisotopic (exact) mass is 492 g/mol. The van der Waals surface area contributed by atoms with Crippen molar-refractivity contribution in [2.45, 2.75) is 57.7 Å². The Morgan fingerprint density at radius 2 is 1.70 bits per heavy atom. The van der Waals surface area contributed by atoms with Crippen LogP contribution in [0.15, 0.2) is 79.1 Å². The number of ether oxygens (including phenoxy) is 1. The van der Waals surface area contributed by atoms with E-state index in [1.54, 1.807) is 0 Å². The number of nitrogens with two attached hydrogens (primary N) is 1. The van der Waals surface area contributed by atoms with Crippen LogP contribution in [0.2, 0.25) is 0 Å². The predicted molar refractivity (Wildman–Crippen MR) is 150 cm³/mol. The van der Waals surface area contributed by atoms with Crippen LogP contribution in [0.25, 0.3) is 11.1 Å². The second-order valence-corrected chi connectivity index (χ2v) is 10.4. The fourth-order valence-electron chi connectivity index (χ4n) is 5.74. The van der Waals surface area contributed by atoms with Gasteiger partial charge in [0.25, 0.3) is 0 Å². The van der Waals surface area contributed by atoms with Crippen LogP contribution < -0.4 is 15.4 Å². The summed E-state index contributed by atoms with van der Waals surface area (Å²) in [6, 6.07) is 25.3. The molecule has 1 aliphatic heterocycles. The first-order chi connectivity index (χ1) is 18.1. The van der Waals surface area contributed by atoms with Crippen molar-refractivity contribution >= 4 is 5.69 Å². The molecule has 3 aromatic carbocycles. The Balaban J connectivity index is 1.40. The van der Waals surface area contributed by atoms with Crippen LogP contribution in [-0.4, -0.2) is 29.0 Å². The highest BCUT2D eigenvalue weighted by atomic mass is 16.5. The molecule has 0 radical (unpaired) electrons. The van der Waals surface area contributed by atoms with Gasteiger partial charge in [-0.25, -0.2) is 0 Å². The molecule has 2 heterocycles. The third-order valence-corrected chi connectivity index (χ3v) is 7.82. The lowest BCUT2D eigenvalue weighted by Gasteiger charge is -2.44. The van der Waals surface area contributed by atoms with Gasteiger partial charge in [-0.15, -0.1) is 0 Å². The molecule has 1 aliphatic carbocycles. The van der Waals surface area contributed by atoms with Gasteiger partial charge in [-0.2, -0.15) is 5.10 Å². The van der Waals surface area contributed by atoms with Gasteiger partial charge in [-0.1, -0.05) is 42.5 Å². The van der Waals surface area contributed by atoms with E-state index in [1.165, 1.54) is 51.9 Å². The van der Waals surface area contributed by atoms with Gasteiger partial charge in [0.2, 0.25) is 0 Å². The van der Waals surface area contributed by atoms with Crippen LogP contribution in [0.4, 0.5) is 5.69 Å². The number of benzene rings is 3. The van der Waals surface area contributed by atoms with Crippen molar-refractivity contribution in [1.82, 2.24) is 9.78 Å². The van der Waals surface area contributed by atoms with E-state index in [0.717, 1.165) is 24.6 Å². The molecule has 5 heteroatoms. The molecule has 1 saturated carbocycles. The minimum absolute atomic E-state index is 0.126. The van der Waals surface area contributed by atoms with E-state index in [9.17, 15) is 0 Å². The SMILES string of the molecule is CCn1cc(-c2ccc3c(c2)C[C@@H](C)N(c2ccc(C4CC4)cc2)C3c2ccc(OCCN)cc2)cn1. The number of hydrogen-bond acceptors (Lipinski definition) is 4. The molecule has 1 fully saturated rings. The van der Waals surface area contributed by atoms with E-state index >= 15 is 0 Å². The number of hydrogen-bond donors (Lipinski definition) is 1. The van der Waals surface area contributed by atoms with E-state index < -0.39 is 0 Å². The fraction of sp³-hybridized carbons (Fsp3) is 0.344. The van der Waals surface area contributed by atoms with Gasteiger partial charge in [-0.05, 0) is 91.1 Å². The van der Waals surface area contributed by atoms with Gasteiger partial charge in [0, 0.05) is 36.6 Å². The summed E-state index contributed by atoms with van der Waals surface area (Å²) < 4.78 is 7.76. The minimum Gasteiger partial charge on any atom is -0.492 e. The summed E-state index contributed by atoms with van der Waals surface area (Å²) in [6.45, 7) is 6.39. The van der Waals surface area contributed by atoms with Gasteiger partial charge < -0.3 is 15.4 Å². The number of aryl methyl sites for hydroxylation is 1. The first-order valence-corrected chi connectivity index (χ1v) is 13.6. The van der Waals surface area contributed by atoms with Crippen LogP contribution in [-0.2, 0) is 13.0 Å². The fourth-order valence-corrected chi connectivity index (χ4v) is 5.74. The molecular weight excluding hydrogens is 456 g/mol. The van der Waals surface area contributed by atoms with Crippen molar-refractivity contribution < 1.29 is 4.74 Å². The summed E-state index contributed by atoms with van der Waals surface area (Å²) in [7, 11) is 0. The zero-order chi connectivity index (χ0) is 25.4. The highest BCUT2D eigenvalue weighted by molar-refractivity contribution is 5.66. The Morgan fingerprint density at radius 3 is 2.38 bits per heavy atom. The molecule has 190 valence electrons. The van der Waals surface area contributed by atoms with Gasteiger partial charge in [0.05, 0.1) is 12.2 Å². The molecule has 0 saturated heterocycles. The van der Waals surface area contributed by atoms with Crippen LogP contribution >= 0.6 is 0 Å². The van der Waals surface area contributed by atoms with Gasteiger partial charge in [0.1, 0.15) is 12.4 Å². The van der Waals surface area contributed by atoms with Crippen molar-refractivity contribution in [3.8, 4) is 16.9 Å². The van der Waals surface area contributed by atoms with Gasteiger partial charge >= 0.3 is 0 Å². The summed E-state index contributed by atoms with van der Waals surface area (Å²) in [5.41, 5.74) is 14.8. The lowest BCUT2D eigenvalue weighted by atomic mass is 9.83. The third-order valence-electron chi connectivity index (χ3n) is 7.82. The Labute approximate surface area is 219 Å². The largest absolute Gasteiger partial charge is 0.492 e. The van der Waals surface area contributed by atoms with Crippen molar-refractivity contribution in [3.05, 3.63) is 101 Å². The highest BCUT2D eigenvalue weighted by Crippen LogP contribution is 2.44. The summed E-state index contributed by atoms with van der Waals surface area (Å²) in [5.74, 6) is 1.63. The number of fused-ring (bicyclic) bond motifs is 1. The number of anilines is 1. The van der Waals surface area contributed by atoms with Crippen LogP contribution in [0.1, 0.15) is 60.9 Å². The molecule has 1 unspecified atom stereocenters. The lowest BCUT2D eigenvalue weighted by Crippen LogP contribution is -2.42. The first kappa shape index (κ1) is 23.8. The molecule has 37 heavy (non-hydrogen) atoms. The molecule has 6 rings (SSSR count). The van der Waals surface area contributed by atoms with E-state index in [0.29, 0.717) is 19.2 Å². The van der Waals surface area contributed by atoms with E-state index in [2.05, 4.69) is 96.8 Å². The summed E-state index contributed by atoms with van der Waals surface area (Å²) in [5, 5.41) is 4.49. The molecule has 2 atom stereocenters. The van der Waals surface area contributed by atoms with Crippen molar-refractivity contribution in [2.24, 2.45) is 5.73 Å². The standard InChI is InChI=1S/C32H36N4O/c1-3-35-21-28(20-34-35)26-10-15-31-27(19-26)18-22(2)36(29-11-6-24(7-12-29)23-4-5-23)32(31)25-8-13-30(14-9-25)37-17-16-33/h6-15,19-23,32H,3-5,16-18,33H2,1-2H3/t22-,32?/m1/s1. The molecule has 0 amide bonds. The molecular formula is C32H36N4O. The Hall–Kier alpha value is -3.57. The van der Waals surface area contributed by atoms with Crippen LogP contribution in [0.5, 0.6) is 5.75 Å². The van der Waals surface area contributed by atoms with E-state index in [4.69, 9.17) is 10.5 Å². The summed E-state index contributed by atoms with van der Waals surface area (Å²) in [6.07, 6.45) is 7.77. The smallest absolute Gasteiger partial charge is 0.119 e. The average molecular weight is 493 g/mol. The summed E-state index contributed by atoms with van der Waals surface area (Å²) >= 11 is 0. The van der Waals surface area contributed by atoms with E-state index in [-0.39, 0.29) is 6.04 Å². The second kappa shape index (κ2) is 10.1. The summed E-state index contributed by atoms with van der Waals surface area (Å²) in [4.78, 5) is 2.60. The van der Waals surface area contributed by atoms with E-state index in [1.807, 2.05) is 10.9 Å². The lowest BCUT2D eigenvalue weighted by molar-refractivity contribution is 0.328. The normalized spacial score (nSPS) is 19.1. The van der Waals surface area contributed by atoms with Gasteiger partial charge in [0.15, 0.2) is 0 Å². The molecule has 1 aromatic heterocycles. The number of nitrogens with zero attached hydrogens (tertiary/aromatic N) is 3. The Kier molecular flexibility index (Phi) is 6.47. The molecule has 5 nitrogen and oxygen atoms in total. The minimum atomic E-state index is 0.126. The average Bonchev–Trinajstić information content (AvgIpc) is 3.67. The molecule has 2 N–H and O–H groups in total. The molecule has 0 spiro atoms. The van der Waals surface area contributed by atoms with Gasteiger partial charge in [-0.3, -0.25) is 4.68 Å². The maximum absolute atomic E-state index is 5.77. The number of rotatable bonds is 8. The Bertz CT molecular complexity index is 1350. The molecule has 0 bridgehead atoms. The quantitative estimate of drug-likeness (QED) is 0.312. The second-order valence-electron chi connectivity index (χ2n) is 10.4. The van der Waals surface area contributed by atoms with Crippen LogP contribution in [0, 0.1) is 0 Å². The third kappa shape index (κ3) is 4.76. The molecule has 2 aliphatic rings. The topological polar surface area (TPSA) is 56.3 Å². The highest BCUT2D eigenvalue weighted by Gasteiger charge is 2.34. The maximum Gasteiger partial charge on any atom is 0.119 e. The Morgan fingerprint density at radius 1 is 0.946 bits per heavy atom. The maximum atomic E-state index is 5.77. The zero-order valence-electron chi connectivity index (χ0n) is 21.8. The molecule has 4 aromatic rings. The van der Waals surface area contributed by atoms with Crippen LogP contribution in [0.3, 0.4) is 0 Å². The van der Waals surface area contributed by atoms with Crippen molar-refractivity contribution in [3.63, 3.8) is 0 Å². The van der Waals surface area contributed by atoms with Crippen molar-refractivity contribution in [2.75, 3.05) is 18.1 Å².